The van der Waals surface area contributed by atoms with Gasteiger partial charge in [0.15, 0.2) is 0 Å². The molecule has 0 radical (unpaired) electrons. The van der Waals surface area contributed by atoms with Gasteiger partial charge in [-0.25, -0.2) is 0 Å². The molecule has 0 aromatic rings. The quantitative estimate of drug-likeness (QED) is 0.779. The summed E-state index contributed by atoms with van der Waals surface area (Å²) in [4.78, 5) is 12.6. The molecule has 1 saturated heterocycles. The third-order valence-electron chi connectivity index (χ3n) is 2.68. The number of hydrogen-bond acceptors (Lipinski definition) is 2. The molecular formula is C10H17F2NO2. The van der Waals surface area contributed by atoms with Crippen LogP contribution in [0.2, 0.25) is 0 Å². The van der Waals surface area contributed by atoms with Crippen LogP contribution in [-0.2, 0) is 4.79 Å². The SMILES string of the molecule is CC(C)C(O)C(F)(F)C(=O)N1CCCC1. The molecule has 0 aromatic heterocycles. The number of alkyl halides is 2. The highest BCUT2D eigenvalue weighted by atomic mass is 19.3. The number of aliphatic hydroxyl groups excluding tert-OH is 1. The van der Waals surface area contributed by atoms with Gasteiger partial charge in [0.2, 0.25) is 0 Å². The van der Waals surface area contributed by atoms with E-state index in [0.29, 0.717) is 13.1 Å². The number of carbonyl (C=O) groups excluding carboxylic acids is 1. The van der Waals surface area contributed by atoms with Crippen molar-refractivity contribution in [2.24, 2.45) is 5.92 Å². The van der Waals surface area contributed by atoms with Crippen LogP contribution in [0.25, 0.3) is 0 Å². The molecule has 0 bridgehead atoms. The zero-order valence-corrected chi connectivity index (χ0v) is 9.04. The van der Waals surface area contributed by atoms with Crippen LogP contribution in [0.4, 0.5) is 8.78 Å². The van der Waals surface area contributed by atoms with E-state index in [4.69, 9.17) is 0 Å². The van der Waals surface area contributed by atoms with E-state index in [9.17, 15) is 18.7 Å². The van der Waals surface area contributed by atoms with Gasteiger partial charge in [0.25, 0.3) is 5.91 Å². The molecule has 1 atom stereocenters. The van der Waals surface area contributed by atoms with Crippen molar-refractivity contribution in [2.45, 2.75) is 38.7 Å². The van der Waals surface area contributed by atoms with Gasteiger partial charge in [-0.2, -0.15) is 8.78 Å². The number of aliphatic hydroxyl groups is 1. The molecule has 15 heavy (non-hydrogen) atoms. The van der Waals surface area contributed by atoms with Crippen molar-refractivity contribution in [3.8, 4) is 0 Å². The lowest BCUT2D eigenvalue weighted by molar-refractivity contribution is -0.178. The Hall–Kier alpha value is -0.710. The summed E-state index contributed by atoms with van der Waals surface area (Å²) in [6.45, 7) is 3.68. The Labute approximate surface area is 88.1 Å². The molecule has 5 heteroatoms. The minimum atomic E-state index is -3.65. The van der Waals surface area contributed by atoms with Crippen molar-refractivity contribution in [3.05, 3.63) is 0 Å². The van der Waals surface area contributed by atoms with Crippen LogP contribution in [-0.4, -0.2) is 41.0 Å². The Kier molecular flexibility index (Phi) is 3.65. The summed E-state index contributed by atoms with van der Waals surface area (Å²) < 4.78 is 26.9. The summed E-state index contributed by atoms with van der Waals surface area (Å²) in [5.41, 5.74) is 0. The molecule has 88 valence electrons. The number of hydrogen-bond donors (Lipinski definition) is 1. The number of nitrogens with zero attached hydrogens (tertiary/aromatic N) is 1. The second-order valence-electron chi connectivity index (χ2n) is 4.31. The number of halogens is 2. The molecule has 0 aromatic carbocycles. The van der Waals surface area contributed by atoms with E-state index in [1.54, 1.807) is 0 Å². The van der Waals surface area contributed by atoms with Crippen molar-refractivity contribution in [2.75, 3.05) is 13.1 Å². The lowest BCUT2D eigenvalue weighted by atomic mass is 10.00. The Morgan fingerprint density at radius 2 is 1.80 bits per heavy atom. The smallest absolute Gasteiger partial charge is 0.350 e. The highest BCUT2D eigenvalue weighted by Crippen LogP contribution is 2.28. The van der Waals surface area contributed by atoms with Crippen molar-refractivity contribution in [1.82, 2.24) is 4.90 Å². The third kappa shape index (κ3) is 2.45. The number of carbonyl (C=O) groups is 1. The van der Waals surface area contributed by atoms with Crippen LogP contribution in [0, 0.1) is 5.92 Å². The Bertz CT molecular complexity index is 238. The maximum absolute atomic E-state index is 13.5. The molecule has 1 aliphatic rings. The van der Waals surface area contributed by atoms with Gasteiger partial charge in [-0.15, -0.1) is 0 Å². The topological polar surface area (TPSA) is 40.5 Å². The van der Waals surface area contributed by atoms with Crippen LogP contribution in [0.1, 0.15) is 26.7 Å². The summed E-state index contributed by atoms with van der Waals surface area (Å²) in [6, 6.07) is 0. The standard InChI is InChI=1S/C10H17F2NO2/c1-7(2)8(14)10(11,12)9(15)13-5-3-4-6-13/h7-8,14H,3-6H2,1-2H3. The molecule has 1 heterocycles. The van der Waals surface area contributed by atoms with E-state index in [2.05, 4.69) is 0 Å². The maximum atomic E-state index is 13.5. The number of likely N-dealkylation sites (tertiary alicyclic amines) is 1. The van der Waals surface area contributed by atoms with E-state index in [-0.39, 0.29) is 0 Å². The molecule has 1 unspecified atom stereocenters. The van der Waals surface area contributed by atoms with Crippen LogP contribution < -0.4 is 0 Å². The molecule has 0 aliphatic carbocycles. The lowest BCUT2D eigenvalue weighted by Gasteiger charge is -2.28. The Morgan fingerprint density at radius 3 is 2.20 bits per heavy atom. The second kappa shape index (κ2) is 4.43. The fourth-order valence-corrected chi connectivity index (χ4v) is 1.68. The summed E-state index contributed by atoms with van der Waals surface area (Å²) in [7, 11) is 0. The zero-order chi connectivity index (χ0) is 11.6. The van der Waals surface area contributed by atoms with Gasteiger partial charge in [-0.05, 0) is 18.8 Å². The van der Waals surface area contributed by atoms with E-state index in [1.165, 1.54) is 13.8 Å². The van der Waals surface area contributed by atoms with Crippen molar-refractivity contribution >= 4 is 5.91 Å². The first-order chi connectivity index (χ1) is 6.87. The van der Waals surface area contributed by atoms with Crippen molar-refractivity contribution in [3.63, 3.8) is 0 Å². The molecule has 1 fully saturated rings. The van der Waals surface area contributed by atoms with E-state index in [1.807, 2.05) is 0 Å². The monoisotopic (exact) mass is 221 g/mol. The van der Waals surface area contributed by atoms with Gasteiger partial charge in [0.1, 0.15) is 6.10 Å². The first kappa shape index (κ1) is 12.4. The summed E-state index contributed by atoms with van der Waals surface area (Å²) in [5, 5.41) is 9.29. The maximum Gasteiger partial charge on any atom is 0.350 e. The van der Waals surface area contributed by atoms with Gasteiger partial charge in [-0.1, -0.05) is 13.8 Å². The van der Waals surface area contributed by atoms with Gasteiger partial charge in [-0.3, -0.25) is 4.79 Å². The largest absolute Gasteiger partial charge is 0.386 e. The summed E-state index contributed by atoms with van der Waals surface area (Å²) in [5.74, 6) is -5.52. The molecule has 1 rings (SSSR count). The number of rotatable bonds is 3. The van der Waals surface area contributed by atoms with Crippen LogP contribution in [0.5, 0.6) is 0 Å². The minimum Gasteiger partial charge on any atom is -0.386 e. The molecule has 1 N–H and O–H groups in total. The van der Waals surface area contributed by atoms with E-state index in [0.717, 1.165) is 17.7 Å². The second-order valence-corrected chi connectivity index (χ2v) is 4.31. The Balaban J connectivity index is 2.71. The molecule has 0 spiro atoms. The summed E-state index contributed by atoms with van der Waals surface area (Å²) >= 11 is 0. The van der Waals surface area contributed by atoms with E-state index < -0.39 is 23.9 Å². The molecule has 3 nitrogen and oxygen atoms in total. The fourth-order valence-electron chi connectivity index (χ4n) is 1.68. The minimum absolute atomic E-state index is 0.374. The van der Waals surface area contributed by atoms with Gasteiger partial charge in [0.05, 0.1) is 0 Å². The molecular weight excluding hydrogens is 204 g/mol. The molecule has 0 saturated carbocycles. The van der Waals surface area contributed by atoms with Gasteiger partial charge >= 0.3 is 5.92 Å². The first-order valence-corrected chi connectivity index (χ1v) is 5.22. The van der Waals surface area contributed by atoms with Crippen LogP contribution in [0.3, 0.4) is 0 Å². The zero-order valence-electron chi connectivity index (χ0n) is 9.04. The van der Waals surface area contributed by atoms with Gasteiger partial charge in [0, 0.05) is 13.1 Å². The molecule has 1 aliphatic heterocycles. The normalized spacial score (nSPS) is 19.7. The fraction of sp³-hybridized carbons (Fsp3) is 0.900. The van der Waals surface area contributed by atoms with E-state index >= 15 is 0 Å². The highest BCUT2D eigenvalue weighted by Gasteiger charge is 2.50. The predicted octanol–water partition coefficient (Wildman–Crippen LogP) is 1.26. The van der Waals surface area contributed by atoms with Crippen molar-refractivity contribution < 1.29 is 18.7 Å². The molecule has 1 amide bonds. The Morgan fingerprint density at radius 1 is 1.33 bits per heavy atom. The van der Waals surface area contributed by atoms with Crippen molar-refractivity contribution in [1.29, 1.82) is 0 Å². The lowest BCUT2D eigenvalue weighted by Crippen LogP contribution is -2.51. The highest BCUT2D eigenvalue weighted by molar-refractivity contribution is 5.84. The first-order valence-electron chi connectivity index (χ1n) is 5.22. The van der Waals surface area contributed by atoms with Gasteiger partial charge < -0.3 is 10.0 Å². The van der Waals surface area contributed by atoms with Crippen LogP contribution >= 0.6 is 0 Å². The average Bonchev–Trinajstić information content (AvgIpc) is 2.67. The predicted molar refractivity (Wildman–Crippen MR) is 51.6 cm³/mol. The number of amides is 1. The summed E-state index contributed by atoms with van der Waals surface area (Å²) in [6.07, 6.45) is -0.371. The average molecular weight is 221 g/mol. The van der Waals surface area contributed by atoms with Crippen LogP contribution in [0.15, 0.2) is 0 Å². The third-order valence-corrected chi connectivity index (χ3v) is 2.68.